The summed E-state index contributed by atoms with van der Waals surface area (Å²) in [5.74, 6) is 0.172. The van der Waals surface area contributed by atoms with Crippen LogP contribution >= 0.6 is 15.6 Å². The van der Waals surface area contributed by atoms with E-state index in [4.69, 9.17) is 37.0 Å². The minimum absolute atomic E-state index is 0.105. The lowest BCUT2D eigenvalue weighted by Gasteiger charge is -2.21. The zero-order chi connectivity index (χ0) is 68.7. The van der Waals surface area contributed by atoms with Crippen LogP contribution in [0, 0.1) is 17.8 Å². The molecule has 17 nitrogen and oxygen atoms in total. The summed E-state index contributed by atoms with van der Waals surface area (Å²) in [7, 11) is -9.91. The fraction of sp³-hybridized carbons (Fsp3) is 0.946. The maximum atomic E-state index is 13.1. The molecule has 0 aromatic carbocycles. The van der Waals surface area contributed by atoms with E-state index in [2.05, 4.69) is 48.5 Å². The Bertz CT molecular complexity index is 1820. The third-order valence-corrected chi connectivity index (χ3v) is 19.8. The second kappa shape index (κ2) is 64.7. The fourth-order valence-electron chi connectivity index (χ4n) is 11.2. The molecule has 0 saturated carbocycles. The first-order chi connectivity index (χ1) is 44.8. The van der Waals surface area contributed by atoms with Crippen LogP contribution in [0.4, 0.5) is 0 Å². The highest BCUT2D eigenvalue weighted by molar-refractivity contribution is 7.47. The van der Waals surface area contributed by atoms with Crippen molar-refractivity contribution in [3.05, 3.63) is 0 Å². The number of phosphoric acid groups is 2. The normalized spacial score (nSPS) is 14.7. The van der Waals surface area contributed by atoms with Crippen LogP contribution in [0.25, 0.3) is 0 Å². The van der Waals surface area contributed by atoms with Crippen molar-refractivity contribution < 1.29 is 80.2 Å². The van der Waals surface area contributed by atoms with Crippen LogP contribution in [0.3, 0.4) is 0 Å². The Morgan fingerprint density at radius 1 is 0.312 bits per heavy atom. The van der Waals surface area contributed by atoms with Gasteiger partial charge < -0.3 is 33.8 Å². The summed E-state index contributed by atoms with van der Waals surface area (Å²) in [6.45, 7) is 11.9. The number of carbonyl (C=O) groups excluding carboxylic acids is 4. The van der Waals surface area contributed by atoms with E-state index in [0.717, 1.165) is 114 Å². The van der Waals surface area contributed by atoms with E-state index in [0.29, 0.717) is 25.7 Å². The van der Waals surface area contributed by atoms with Crippen LogP contribution in [0.1, 0.15) is 376 Å². The van der Waals surface area contributed by atoms with Gasteiger partial charge in [0.05, 0.1) is 26.4 Å². The van der Waals surface area contributed by atoms with Crippen molar-refractivity contribution >= 4 is 39.5 Å². The van der Waals surface area contributed by atoms with Gasteiger partial charge >= 0.3 is 39.5 Å². The van der Waals surface area contributed by atoms with Crippen LogP contribution in [0.15, 0.2) is 0 Å². The summed E-state index contributed by atoms with van der Waals surface area (Å²) >= 11 is 0. The number of hydrogen-bond donors (Lipinski definition) is 3. The maximum Gasteiger partial charge on any atom is 0.472 e. The fourth-order valence-corrected chi connectivity index (χ4v) is 12.8. The minimum atomic E-state index is -4.96. The number of phosphoric ester groups is 2. The Kier molecular flexibility index (Phi) is 63.4. The zero-order valence-corrected chi connectivity index (χ0v) is 62.5. The van der Waals surface area contributed by atoms with Gasteiger partial charge in [-0.2, -0.15) is 0 Å². The van der Waals surface area contributed by atoms with Crippen molar-refractivity contribution in [2.45, 2.75) is 394 Å². The van der Waals surface area contributed by atoms with Gasteiger partial charge in [0.2, 0.25) is 0 Å². The van der Waals surface area contributed by atoms with Crippen LogP contribution in [0.2, 0.25) is 0 Å². The molecule has 93 heavy (non-hydrogen) atoms. The molecule has 19 heteroatoms. The SMILES string of the molecule is CCCCCCCCCCCCCCCCCCC(=O)O[C@H](COC(=O)CCCCCCCCCCCCC(C)CC)COP(=O)(O)OC[C@@H](O)COP(=O)(O)OC[C@@H](COC(=O)CCCCCCCCC(C)CC)OC(=O)CCCCCCCCCCCCC(C)C. The Morgan fingerprint density at radius 2 is 0.548 bits per heavy atom. The lowest BCUT2D eigenvalue weighted by atomic mass is 9.99. The molecular formula is C74H144O17P2. The number of esters is 4. The van der Waals surface area contributed by atoms with Gasteiger partial charge in [-0.25, -0.2) is 9.13 Å². The van der Waals surface area contributed by atoms with E-state index < -0.39 is 97.5 Å². The van der Waals surface area contributed by atoms with Crippen molar-refractivity contribution in [2.75, 3.05) is 39.6 Å². The molecule has 0 rings (SSSR count). The zero-order valence-electron chi connectivity index (χ0n) is 60.7. The van der Waals surface area contributed by atoms with E-state index in [9.17, 15) is 43.2 Å². The van der Waals surface area contributed by atoms with E-state index in [-0.39, 0.29) is 25.7 Å². The lowest BCUT2D eigenvalue weighted by Crippen LogP contribution is -2.30. The highest BCUT2D eigenvalue weighted by atomic mass is 31.2. The van der Waals surface area contributed by atoms with Crippen LogP contribution in [-0.4, -0.2) is 96.7 Å². The molecule has 0 aromatic rings. The van der Waals surface area contributed by atoms with Crippen molar-refractivity contribution in [1.82, 2.24) is 0 Å². The van der Waals surface area contributed by atoms with Gasteiger partial charge in [-0.15, -0.1) is 0 Å². The van der Waals surface area contributed by atoms with Crippen LogP contribution in [-0.2, 0) is 65.4 Å². The average Bonchev–Trinajstić information content (AvgIpc) is 3.25. The van der Waals surface area contributed by atoms with Gasteiger partial charge in [-0.1, -0.05) is 325 Å². The van der Waals surface area contributed by atoms with E-state index in [1.807, 2.05) is 0 Å². The van der Waals surface area contributed by atoms with E-state index in [1.165, 1.54) is 180 Å². The van der Waals surface area contributed by atoms with Gasteiger partial charge in [-0.05, 0) is 43.4 Å². The molecule has 0 saturated heterocycles. The summed E-state index contributed by atoms with van der Waals surface area (Å²) in [5.41, 5.74) is 0. The topological polar surface area (TPSA) is 237 Å². The third-order valence-electron chi connectivity index (χ3n) is 17.9. The highest BCUT2D eigenvalue weighted by Gasteiger charge is 2.30. The monoisotopic (exact) mass is 1370 g/mol. The van der Waals surface area contributed by atoms with Gasteiger partial charge in [-0.3, -0.25) is 37.3 Å². The highest BCUT2D eigenvalue weighted by Crippen LogP contribution is 2.45. The van der Waals surface area contributed by atoms with Crippen LogP contribution in [0.5, 0.6) is 0 Å². The summed E-state index contributed by atoms with van der Waals surface area (Å²) in [6.07, 6.45) is 49.8. The number of ether oxygens (including phenoxy) is 4. The van der Waals surface area contributed by atoms with Crippen molar-refractivity contribution in [1.29, 1.82) is 0 Å². The first-order valence-corrected chi connectivity index (χ1v) is 41.4. The number of aliphatic hydroxyl groups is 1. The molecule has 0 aliphatic rings. The van der Waals surface area contributed by atoms with Crippen molar-refractivity contribution in [3.63, 3.8) is 0 Å². The molecule has 552 valence electrons. The van der Waals surface area contributed by atoms with Gasteiger partial charge in [0.15, 0.2) is 12.2 Å². The van der Waals surface area contributed by atoms with Gasteiger partial charge in [0.25, 0.3) is 0 Å². The summed E-state index contributed by atoms with van der Waals surface area (Å²) < 4.78 is 68.5. The largest absolute Gasteiger partial charge is 0.472 e. The maximum absolute atomic E-state index is 13.1. The van der Waals surface area contributed by atoms with E-state index >= 15 is 0 Å². The molecule has 0 radical (unpaired) electrons. The van der Waals surface area contributed by atoms with Gasteiger partial charge in [0.1, 0.15) is 19.3 Å². The molecule has 0 bridgehead atoms. The first kappa shape index (κ1) is 91.1. The number of unbranched alkanes of at least 4 members (excludes halogenated alkanes) is 38. The van der Waals surface area contributed by atoms with Gasteiger partial charge in [0, 0.05) is 25.7 Å². The summed E-state index contributed by atoms with van der Waals surface area (Å²) in [5, 5.41) is 10.6. The molecule has 3 N–H and O–H groups in total. The second-order valence-corrected chi connectivity index (χ2v) is 30.6. The molecule has 0 aliphatic carbocycles. The minimum Gasteiger partial charge on any atom is -0.462 e. The van der Waals surface area contributed by atoms with Crippen molar-refractivity contribution in [3.8, 4) is 0 Å². The third kappa shape index (κ3) is 65.8. The molecule has 0 fully saturated rings. The predicted octanol–water partition coefficient (Wildman–Crippen LogP) is 21.4. The van der Waals surface area contributed by atoms with E-state index in [1.54, 1.807) is 0 Å². The summed E-state index contributed by atoms with van der Waals surface area (Å²) in [4.78, 5) is 72.7. The number of carbonyl (C=O) groups is 4. The Balaban J connectivity index is 5.27. The predicted molar refractivity (Wildman–Crippen MR) is 377 cm³/mol. The molecule has 7 atom stereocenters. The first-order valence-electron chi connectivity index (χ1n) is 38.4. The second-order valence-electron chi connectivity index (χ2n) is 27.6. The Morgan fingerprint density at radius 3 is 0.817 bits per heavy atom. The molecule has 0 aromatic heterocycles. The number of aliphatic hydroxyl groups excluding tert-OH is 1. The smallest absolute Gasteiger partial charge is 0.462 e. The quantitative estimate of drug-likeness (QED) is 0.0222. The summed E-state index contributed by atoms with van der Waals surface area (Å²) in [6, 6.07) is 0. The van der Waals surface area contributed by atoms with Crippen molar-refractivity contribution in [2.24, 2.45) is 17.8 Å². The number of rotatable bonds is 72. The molecule has 0 aliphatic heterocycles. The lowest BCUT2D eigenvalue weighted by molar-refractivity contribution is -0.161. The Labute approximate surface area is 568 Å². The molecule has 0 amide bonds. The molecule has 0 spiro atoms. The molecular weight excluding hydrogens is 1220 g/mol. The molecule has 0 heterocycles. The standard InChI is InChI=1S/C74H144O17P2/c1-8-11-12-13-14-15-16-17-18-19-20-21-29-34-43-50-57-73(78)90-69(61-84-71(76)55-48-41-33-28-25-23-27-32-39-46-53-66(6)9-2)63-88-92(80,81)86-59-68(75)60-87-93(82,83)89-64-70(62-85-72(77)56-49-42-37-36-40-47-54-67(7)10-3)91-74(79)58-51-44-35-30-24-22-26-31-38-45-52-65(4)5/h65-70,75H,8-64H2,1-7H3,(H,80,81)(H,82,83)/t66?,67?,68-,69-,70-/m1/s1. The molecule has 4 unspecified atom stereocenters. The number of hydrogen-bond acceptors (Lipinski definition) is 15. The average molecular weight is 1370 g/mol. The Hall–Kier alpha value is -1.94. The van der Waals surface area contributed by atoms with Crippen LogP contribution < -0.4 is 0 Å².